The SMILES string of the molecule is C.NC(=O)c1ccccc1NS(=O)(=O)C1(CCc2ccc(F)cc2)CCN(C(=O)O)CC1. The van der Waals surface area contributed by atoms with Gasteiger partial charge in [-0.3, -0.25) is 9.52 Å². The number of halogens is 1. The summed E-state index contributed by atoms with van der Waals surface area (Å²) in [5.41, 5.74) is 6.26. The molecule has 1 aliphatic heterocycles. The standard InChI is InChI=1S/C21H24FN3O5S.CH4/c22-16-7-5-15(6-8-16)9-10-21(11-13-25(14-12-21)20(27)28)31(29,30)24-18-4-2-1-3-17(18)19(23)26;/h1-8,24H,9-14H2,(H2,23,26)(H,27,28);1H4. The zero-order valence-corrected chi connectivity index (χ0v) is 17.6. The number of sulfonamides is 1. The van der Waals surface area contributed by atoms with E-state index in [2.05, 4.69) is 4.72 Å². The molecule has 3 rings (SSSR count). The van der Waals surface area contributed by atoms with Crippen molar-refractivity contribution in [1.82, 2.24) is 4.90 Å². The van der Waals surface area contributed by atoms with E-state index in [0.717, 1.165) is 5.56 Å². The first-order chi connectivity index (χ1) is 14.6. The maximum Gasteiger partial charge on any atom is 0.407 e. The third kappa shape index (κ3) is 5.37. The van der Waals surface area contributed by atoms with Crippen molar-refractivity contribution in [2.75, 3.05) is 17.8 Å². The van der Waals surface area contributed by atoms with E-state index in [0.29, 0.717) is 6.42 Å². The first kappa shape index (κ1) is 25.1. The zero-order valence-electron chi connectivity index (χ0n) is 16.8. The van der Waals surface area contributed by atoms with Gasteiger partial charge in [0.1, 0.15) is 5.82 Å². The van der Waals surface area contributed by atoms with Gasteiger partial charge in [0.25, 0.3) is 5.91 Å². The monoisotopic (exact) mass is 465 g/mol. The third-order valence-corrected chi connectivity index (χ3v) is 7.98. The summed E-state index contributed by atoms with van der Waals surface area (Å²) in [6.45, 7) is 0.133. The van der Waals surface area contributed by atoms with E-state index in [9.17, 15) is 27.5 Å². The number of nitrogens with one attached hydrogen (secondary N) is 1. The predicted molar refractivity (Wildman–Crippen MR) is 121 cm³/mol. The Morgan fingerprint density at radius 2 is 1.69 bits per heavy atom. The molecule has 4 N–H and O–H groups in total. The molecular formula is C22H28FN3O5S. The van der Waals surface area contributed by atoms with Crippen molar-refractivity contribution in [2.24, 2.45) is 5.73 Å². The van der Waals surface area contributed by atoms with E-state index in [-0.39, 0.29) is 56.8 Å². The van der Waals surface area contributed by atoms with Crippen molar-refractivity contribution < 1.29 is 27.5 Å². The Bertz CT molecular complexity index is 1070. The Kier molecular flexibility index (Phi) is 7.84. The minimum absolute atomic E-state index is 0. The van der Waals surface area contributed by atoms with E-state index in [1.165, 1.54) is 29.2 Å². The lowest BCUT2D eigenvalue weighted by Gasteiger charge is -2.40. The minimum atomic E-state index is -4.03. The third-order valence-electron chi connectivity index (χ3n) is 5.73. The van der Waals surface area contributed by atoms with E-state index in [1.807, 2.05) is 0 Å². The molecule has 0 aromatic heterocycles. The van der Waals surface area contributed by atoms with Gasteiger partial charge in [0.05, 0.1) is 16.0 Å². The molecule has 2 amide bonds. The Morgan fingerprint density at radius 3 is 2.25 bits per heavy atom. The highest BCUT2D eigenvalue weighted by atomic mass is 32.2. The van der Waals surface area contributed by atoms with Crippen LogP contribution in [0.4, 0.5) is 14.9 Å². The number of carbonyl (C=O) groups is 2. The molecule has 1 saturated heterocycles. The van der Waals surface area contributed by atoms with Gasteiger partial charge in [0.15, 0.2) is 0 Å². The molecule has 0 saturated carbocycles. The molecule has 0 atom stereocenters. The molecule has 1 heterocycles. The van der Waals surface area contributed by atoms with Crippen molar-refractivity contribution in [3.63, 3.8) is 0 Å². The van der Waals surface area contributed by atoms with Crippen LogP contribution in [0.1, 0.15) is 42.6 Å². The second-order valence-electron chi connectivity index (χ2n) is 7.59. The molecule has 174 valence electrons. The van der Waals surface area contributed by atoms with Crippen LogP contribution in [-0.4, -0.2) is 48.3 Å². The van der Waals surface area contributed by atoms with Gasteiger partial charge in [-0.1, -0.05) is 31.7 Å². The van der Waals surface area contributed by atoms with Gasteiger partial charge in [-0.25, -0.2) is 17.6 Å². The summed E-state index contributed by atoms with van der Waals surface area (Å²) in [5.74, 6) is -1.15. The highest BCUT2D eigenvalue weighted by Crippen LogP contribution is 2.37. The fourth-order valence-corrected chi connectivity index (χ4v) is 5.60. The lowest BCUT2D eigenvalue weighted by molar-refractivity contribution is 0.100. The summed E-state index contributed by atoms with van der Waals surface area (Å²) in [5, 5.41) is 9.25. The summed E-state index contributed by atoms with van der Waals surface area (Å²) in [4.78, 5) is 24.2. The number of hydrogen-bond acceptors (Lipinski definition) is 4. The normalized spacial score (nSPS) is 15.5. The van der Waals surface area contributed by atoms with E-state index >= 15 is 0 Å². The number of aryl methyl sites for hydroxylation is 1. The van der Waals surface area contributed by atoms with Gasteiger partial charge in [-0.15, -0.1) is 0 Å². The number of anilines is 1. The molecule has 8 nitrogen and oxygen atoms in total. The van der Waals surface area contributed by atoms with Crippen LogP contribution >= 0.6 is 0 Å². The summed E-state index contributed by atoms with van der Waals surface area (Å²) < 4.78 is 41.5. The van der Waals surface area contributed by atoms with Gasteiger partial charge in [0.2, 0.25) is 10.0 Å². The second-order valence-corrected chi connectivity index (χ2v) is 9.67. The number of benzene rings is 2. The van der Waals surface area contributed by atoms with E-state index < -0.39 is 26.8 Å². The highest BCUT2D eigenvalue weighted by molar-refractivity contribution is 7.94. The maximum absolute atomic E-state index is 13.5. The van der Waals surface area contributed by atoms with Crippen LogP contribution in [0.25, 0.3) is 0 Å². The largest absolute Gasteiger partial charge is 0.465 e. The minimum Gasteiger partial charge on any atom is -0.465 e. The topological polar surface area (TPSA) is 130 Å². The highest BCUT2D eigenvalue weighted by Gasteiger charge is 2.46. The van der Waals surface area contributed by atoms with Crippen molar-refractivity contribution in [3.05, 3.63) is 65.5 Å². The molecule has 0 unspecified atom stereocenters. The fraction of sp³-hybridized carbons (Fsp3) is 0.364. The molecule has 2 aromatic carbocycles. The molecule has 2 aromatic rings. The molecule has 10 heteroatoms. The number of nitrogens with two attached hydrogens (primary N) is 1. The van der Waals surface area contributed by atoms with E-state index in [4.69, 9.17) is 5.73 Å². The maximum atomic E-state index is 13.5. The van der Waals surface area contributed by atoms with Crippen LogP contribution in [0.3, 0.4) is 0 Å². The number of rotatable bonds is 7. The smallest absolute Gasteiger partial charge is 0.407 e. The Hall–Kier alpha value is -3.14. The summed E-state index contributed by atoms with van der Waals surface area (Å²) >= 11 is 0. The number of likely N-dealkylation sites (tertiary alicyclic amines) is 1. The first-order valence-corrected chi connectivity index (χ1v) is 11.3. The van der Waals surface area contributed by atoms with Crippen molar-refractivity contribution in [3.8, 4) is 0 Å². The fourth-order valence-electron chi connectivity index (χ4n) is 3.82. The number of nitrogens with zero attached hydrogens (tertiary/aromatic N) is 1. The number of carboxylic acid groups (broad SMARTS) is 1. The quantitative estimate of drug-likeness (QED) is 0.577. The molecule has 0 bridgehead atoms. The first-order valence-electron chi connectivity index (χ1n) is 9.77. The lowest BCUT2D eigenvalue weighted by atomic mass is 9.89. The van der Waals surface area contributed by atoms with Crippen molar-refractivity contribution in [2.45, 2.75) is 37.9 Å². The van der Waals surface area contributed by atoms with Crippen LogP contribution in [0.2, 0.25) is 0 Å². The molecular weight excluding hydrogens is 437 g/mol. The Balaban J connectivity index is 0.00000363. The van der Waals surface area contributed by atoms with Gasteiger partial charge in [-0.2, -0.15) is 0 Å². The van der Waals surface area contributed by atoms with Gasteiger partial charge in [-0.05, 0) is 55.5 Å². The van der Waals surface area contributed by atoms with Crippen LogP contribution in [0.15, 0.2) is 48.5 Å². The summed E-state index contributed by atoms with van der Waals surface area (Å²) in [7, 11) is -4.03. The van der Waals surface area contributed by atoms with Crippen LogP contribution in [0.5, 0.6) is 0 Å². The summed E-state index contributed by atoms with van der Waals surface area (Å²) in [6.07, 6.45) is -0.341. The van der Waals surface area contributed by atoms with Crippen molar-refractivity contribution in [1.29, 1.82) is 0 Å². The van der Waals surface area contributed by atoms with Gasteiger partial charge >= 0.3 is 6.09 Å². The average Bonchev–Trinajstić information content (AvgIpc) is 2.73. The molecule has 1 aliphatic rings. The Labute approximate surface area is 187 Å². The van der Waals surface area contributed by atoms with E-state index in [1.54, 1.807) is 24.3 Å². The van der Waals surface area contributed by atoms with Crippen LogP contribution in [0, 0.1) is 5.82 Å². The number of carbonyl (C=O) groups excluding carboxylic acids is 1. The molecule has 0 radical (unpaired) electrons. The predicted octanol–water partition coefficient (Wildman–Crippen LogP) is 3.45. The van der Waals surface area contributed by atoms with Gasteiger partial charge < -0.3 is 15.7 Å². The van der Waals surface area contributed by atoms with Crippen LogP contribution < -0.4 is 10.5 Å². The molecule has 0 aliphatic carbocycles. The van der Waals surface area contributed by atoms with Crippen LogP contribution in [-0.2, 0) is 16.4 Å². The average molecular weight is 466 g/mol. The second kappa shape index (κ2) is 9.99. The number of primary amides is 1. The molecule has 32 heavy (non-hydrogen) atoms. The number of hydrogen-bond donors (Lipinski definition) is 3. The molecule has 0 spiro atoms. The number of piperidine rings is 1. The lowest BCUT2D eigenvalue weighted by Crippen LogP contribution is -2.52. The number of amides is 2. The molecule has 1 fully saturated rings. The number of para-hydroxylation sites is 1. The zero-order chi connectivity index (χ0) is 22.6. The Morgan fingerprint density at radius 1 is 1.09 bits per heavy atom. The van der Waals surface area contributed by atoms with Crippen molar-refractivity contribution >= 4 is 27.7 Å². The van der Waals surface area contributed by atoms with Gasteiger partial charge in [0, 0.05) is 13.1 Å². The summed E-state index contributed by atoms with van der Waals surface area (Å²) in [6, 6.07) is 11.9.